The zero-order valence-corrected chi connectivity index (χ0v) is 16.8. The first kappa shape index (κ1) is 19.2. The first-order valence-electron chi connectivity index (χ1n) is 8.59. The van der Waals surface area contributed by atoms with Crippen LogP contribution in [0.1, 0.15) is 35.5 Å². The van der Waals surface area contributed by atoms with E-state index in [2.05, 4.69) is 25.0 Å². The number of carbonyl (C=O) groups excluding carboxylic acids is 2. The van der Waals surface area contributed by atoms with Gasteiger partial charge in [-0.15, -0.1) is 0 Å². The highest BCUT2D eigenvalue weighted by atomic mass is 35.5. The molecule has 0 spiro atoms. The van der Waals surface area contributed by atoms with E-state index in [4.69, 9.17) is 16.3 Å². The molecule has 0 radical (unpaired) electrons. The number of aryl methyl sites for hydroxylation is 2. The number of aromatic nitrogens is 2. The van der Waals surface area contributed by atoms with Crippen molar-refractivity contribution in [1.82, 2.24) is 9.78 Å². The molecule has 6 nitrogen and oxygen atoms in total. The Hall–Kier alpha value is -2.60. The van der Waals surface area contributed by atoms with Crippen molar-refractivity contribution in [3.8, 4) is 0 Å². The van der Waals surface area contributed by atoms with Crippen molar-refractivity contribution in [3.05, 3.63) is 58.0 Å². The van der Waals surface area contributed by atoms with E-state index in [1.54, 1.807) is 20.0 Å². The normalized spacial score (nSPS) is 16.5. The molecular formula is C20H22ClN3O3. The van der Waals surface area contributed by atoms with Crippen LogP contribution >= 0.6 is 11.6 Å². The minimum atomic E-state index is -0.653. The number of hydrogen-bond acceptors (Lipinski definition) is 5. The first-order chi connectivity index (χ1) is 12.6. The molecule has 1 aliphatic heterocycles. The van der Waals surface area contributed by atoms with Crippen LogP contribution in [-0.4, -0.2) is 35.2 Å². The molecule has 0 saturated carbocycles. The number of halogens is 1. The largest absolute Gasteiger partial charge is 0.454 e. The van der Waals surface area contributed by atoms with Gasteiger partial charge in [-0.25, -0.2) is 4.79 Å². The molecule has 7 heteroatoms. The van der Waals surface area contributed by atoms with E-state index in [1.807, 2.05) is 30.1 Å². The molecule has 1 aromatic carbocycles. The summed E-state index contributed by atoms with van der Waals surface area (Å²) in [6.45, 7) is 5.45. The Morgan fingerprint density at radius 1 is 1.26 bits per heavy atom. The molecule has 0 saturated heterocycles. The second kappa shape index (κ2) is 6.85. The van der Waals surface area contributed by atoms with Crippen LogP contribution < -0.4 is 4.90 Å². The van der Waals surface area contributed by atoms with Gasteiger partial charge in [-0.05, 0) is 18.6 Å². The van der Waals surface area contributed by atoms with Crippen LogP contribution in [-0.2, 0) is 22.0 Å². The monoisotopic (exact) mass is 387 g/mol. The Bertz CT molecular complexity index is 959. The number of esters is 1. The maximum atomic E-state index is 12.5. The van der Waals surface area contributed by atoms with Gasteiger partial charge in [0.1, 0.15) is 10.7 Å². The van der Waals surface area contributed by atoms with Crippen LogP contribution in [0.5, 0.6) is 0 Å². The molecule has 0 amide bonds. The van der Waals surface area contributed by atoms with Gasteiger partial charge in [-0.1, -0.05) is 43.6 Å². The molecular weight excluding hydrogens is 366 g/mol. The topological polar surface area (TPSA) is 64.4 Å². The highest BCUT2D eigenvalue weighted by Gasteiger charge is 2.38. The van der Waals surface area contributed by atoms with Crippen molar-refractivity contribution in [1.29, 1.82) is 0 Å². The Balaban J connectivity index is 1.75. The fourth-order valence-corrected chi connectivity index (χ4v) is 3.78. The molecule has 0 unspecified atom stereocenters. The smallest absolute Gasteiger partial charge is 0.343 e. The maximum Gasteiger partial charge on any atom is 0.343 e. The van der Waals surface area contributed by atoms with Gasteiger partial charge in [0, 0.05) is 37.0 Å². The first-order valence-corrected chi connectivity index (χ1v) is 8.97. The summed E-state index contributed by atoms with van der Waals surface area (Å²) < 4.78 is 6.56. The summed E-state index contributed by atoms with van der Waals surface area (Å²) in [6, 6.07) is 8.04. The number of carbonyl (C=O) groups is 2. The summed E-state index contributed by atoms with van der Waals surface area (Å²) in [4.78, 5) is 26.7. The summed E-state index contributed by atoms with van der Waals surface area (Å²) in [6.07, 6.45) is 1.55. The molecule has 2 heterocycles. The second-order valence-corrected chi connectivity index (χ2v) is 7.51. The number of ether oxygens (including phenoxy) is 1. The van der Waals surface area contributed by atoms with Crippen LogP contribution in [0.2, 0.25) is 5.15 Å². The lowest BCUT2D eigenvalue weighted by Crippen LogP contribution is -2.25. The number of benzene rings is 1. The molecule has 27 heavy (non-hydrogen) atoms. The second-order valence-electron chi connectivity index (χ2n) is 7.15. The Morgan fingerprint density at radius 3 is 2.52 bits per heavy atom. The van der Waals surface area contributed by atoms with Gasteiger partial charge in [-0.3, -0.25) is 9.48 Å². The van der Waals surface area contributed by atoms with Gasteiger partial charge in [-0.2, -0.15) is 5.10 Å². The molecule has 1 aromatic heterocycles. The average Bonchev–Trinajstić information content (AvgIpc) is 2.98. The minimum Gasteiger partial charge on any atom is -0.454 e. The average molecular weight is 388 g/mol. The van der Waals surface area contributed by atoms with E-state index >= 15 is 0 Å². The van der Waals surface area contributed by atoms with Crippen molar-refractivity contribution in [2.75, 3.05) is 18.6 Å². The van der Waals surface area contributed by atoms with Gasteiger partial charge in [0.2, 0.25) is 0 Å². The number of likely N-dealkylation sites (N-methyl/N-ethyl adjacent to an activating group) is 1. The fraction of sp³-hybridized carbons (Fsp3) is 0.350. The van der Waals surface area contributed by atoms with Crippen molar-refractivity contribution < 1.29 is 14.3 Å². The summed E-state index contributed by atoms with van der Waals surface area (Å²) in [5, 5.41) is 4.26. The number of fused-ring (bicyclic) bond motifs is 1. The number of hydrogen-bond donors (Lipinski definition) is 0. The molecule has 3 rings (SSSR count). The van der Waals surface area contributed by atoms with Crippen molar-refractivity contribution in [3.63, 3.8) is 0 Å². The Labute approximate surface area is 163 Å². The van der Waals surface area contributed by atoms with Gasteiger partial charge in [0.25, 0.3) is 0 Å². The fourth-order valence-electron chi connectivity index (χ4n) is 3.52. The number of rotatable bonds is 4. The van der Waals surface area contributed by atoms with Crippen LogP contribution in [0.4, 0.5) is 5.69 Å². The van der Waals surface area contributed by atoms with E-state index in [0.29, 0.717) is 5.69 Å². The summed E-state index contributed by atoms with van der Waals surface area (Å²) in [5.41, 5.74) is 3.42. The summed E-state index contributed by atoms with van der Waals surface area (Å²) in [7, 11) is 3.56. The van der Waals surface area contributed by atoms with E-state index in [0.717, 1.165) is 16.9 Å². The summed E-state index contributed by atoms with van der Waals surface area (Å²) in [5.74, 6) is -0.941. The molecule has 0 fully saturated rings. The molecule has 0 N–H and O–H groups in total. The Morgan fingerprint density at radius 2 is 1.93 bits per heavy atom. The lowest BCUT2D eigenvalue weighted by atomic mass is 9.83. The maximum absolute atomic E-state index is 12.5. The molecule has 2 aromatic rings. The third-order valence-electron chi connectivity index (χ3n) is 4.94. The predicted molar refractivity (Wildman–Crippen MR) is 104 cm³/mol. The number of allylic oxidation sites excluding steroid dienone is 1. The van der Waals surface area contributed by atoms with Gasteiger partial charge in [0.15, 0.2) is 12.4 Å². The quantitative estimate of drug-likeness (QED) is 0.594. The lowest BCUT2D eigenvalue weighted by Gasteiger charge is -2.23. The van der Waals surface area contributed by atoms with Gasteiger partial charge >= 0.3 is 5.97 Å². The molecule has 0 aliphatic carbocycles. The number of anilines is 1. The molecule has 0 atom stereocenters. The Kier molecular flexibility index (Phi) is 4.86. The van der Waals surface area contributed by atoms with Crippen molar-refractivity contribution in [2.45, 2.75) is 26.2 Å². The highest BCUT2D eigenvalue weighted by Crippen LogP contribution is 2.46. The number of nitrogens with zero attached hydrogens (tertiary/aromatic N) is 3. The third kappa shape index (κ3) is 3.25. The summed E-state index contributed by atoms with van der Waals surface area (Å²) >= 11 is 6.07. The zero-order valence-electron chi connectivity index (χ0n) is 16.0. The SMILES string of the molecule is Cc1nn(C)c(Cl)c1C(=O)OCC(=O)/C=C1\N(C)c2ccccc2C1(C)C. The van der Waals surface area contributed by atoms with E-state index in [1.165, 1.54) is 4.68 Å². The molecule has 142 valence electrons. The van der Waals surface area contributed by atoms with Crippen LogP contribution in [0.3, 0.4) is 0 Å². The molecule has 0 bridgehead atoms. The third-order valence-corrected chi connectivity index (χ3v) is 5.37. The number of para-hydroxylation sites is 1. The van der Waals surface area contributed by atoms with E-state index in [9.17, 15) is 9.59 Å². The van der Waals surface area contributed by atoms with E-state index in [-0.39, 0.29) is 28.5 Å². The lowest BCUT2D eigenvalue weighted by molar-refractivity contribution is -0.117. The number of ketones is 1. The van der Waals surface area contributed by atoms with Gasteiger partial charge in [0.05, 0.1) is 5.69 Å². The van der Waals surface area contributed by atoms with Crippen LogP contribution in [0.15, 0.2) is 36.0 Å². The van der Waals surface area contributed by atoms with Gasteiger partial charge < -0.3 is 9.64 Å². The minimum absolute atomic E-state index is 0.185. The van der Waals surface area contributed by atoms with Crippen LogP contribution in [0, 0.1) is 6.92 Å². The standard InChI is InChI=1S/C20H22ClN3O3/c1-12-17(18(21)24(5)22-12)19(26)27-11-13(25)10-16-20(2,3)14-8-6-7-9-15(14)23(16)4/h6-10H,11H2,1-5H3/b16-10-. The van der Waals surface area contributed by atoms with Crippen molar-refractivity contribution in [2.24, 2.45) is 7.05 Å². The van der Waals surface area contributed by atoms with Crippen molar-refractivity contribution >= 4 is 29.0 Å². The highest BCUT2D eigenvalue weighted by molar-refractivity contribution is 6.32. The molecule has 1 aliphatic rings. The predicted octanol–water partition coefficient (Wildman–Crippen LogP) is 3.42. The zero-order chi connectivity index (χ0) is 19.9. The van der Waals surface area contributed by atoms with E-state index < -0.39 is 5.97 Å². The van der Waals surface area contributed by atoms with Crippen LogP contribution in [0.25, 0.3) is 0 Å².